The van der Waals surface area contributed by atoms with E-state index in [4.69, 9.17) is 4.74 Å². The summed E-state index contributed by atoms with van der Waals surface area (Å²) in [5.74, 6) is 1.39. The molecule has 0 aliphatic heterocycles. The van der Waals surface area contributed by atoms with Crippen LogP contribution in [0.25, 0.3) is 0 Å². The van der Waals surface area contributed by atoms with Gasteiger partial charge in [0.05, 0.1) is 12.0 Å². The van der Waals surface area contributed by atoms with Gasteiger partial charge in [0.25, 0.3) is 0 Å². The van der Waals surface area contributed by atoms with Gasteiger partial charge in [0.2, 0.25) is 10.0 Å². The Morgan fingerprint density at radius 3 is 1.79 bits per heavy atom. The maximum absolute atomic E-state index is 13.3. The van der Waals surface area contributed by atoms with Gasteiger partial charge in [0.1, 0.15) is 5.75 Å². The van der Waals surface area contributed by atoms with Crippen molar-refractivity contribution in [2.24, 2.45) is 0 Å². The molecule has 0 fully saturated rings. The maximum Gasteiger partial charge on any atom is 0.241 e. The van der Waals surface area contributed by atoms with Crippen molar-refractivity contribution in [3.05, 3.63) is 58.7 Å². The Kier molecular flexibility index (Phi) is 7.89. The van der Waals surface area contributed by atoms with Crippen molar-refractivity contribution >= 4 is 10.0 Å². The minimum Gasteiger partial charge on any atom is -0.497 e. The van der Waals surface area contributed by atoms with Crippen LogP contribution < -0.4 is 9.46 Å². The van der Waals surface area contributed by atoms with Crippen LogP contribution in [0.2, 0.25) is 0 Å². The molecule has 0 amide bonds. The van der Waals surface area contributed by atoms with Crippen molar-refractivity contribution in [1.82, 2.24) is 4.72 Å². The summed E-state index contributed by atoms with van der Waals surface area (Å²) in [6.07, 6.45) is 0.626. The number of rotatable bonds is 9. The Balaban J connectivity index is 2.34. The molecule has 0 saturated carbocycles. The first-order valence-corrected chi connectivity index (χ1v) is 11.9. The van der Waals surface area contributed by atoms with Gasteiger partial charge >= 0.3 is 0 Å². The van der Waals surface area contributed by atoms with Gasteiger partial charge in [-0.1, -0.05) is 65.8 Å². The van der Waals surface area contributed by atoms with E-state index in [1.807, 2.05) is 24.3 Å². The topological polar surface area (TPSA) is 55.4 Å². The Labute approximate surface area is 176 Å². The second kappa shape index (κ2) is 9.77. The summed E-state index contributed by atoms with van der Waals surface area (Å²) in [6.45, 7) is 12.9. The zero-order valence-electron chi connectivity index (χ0n) is 18.7. The summed E-state index contributed by atoms with van der Waals surface area (Å²) in [5.41, 5.74) is 4.06. The highest BCUT2D eigenvalue weighted by atomic mass is 32.2. The molecule has 0 aliphatic rings. The van der Waals surface area contributed by atoms with Crippen LogP contribution in [0.5, 0.6) is 5.75 Å². The molecule has 0 unspecified atom stereocenters. The largest absolute Gasteiger partial charge is 0.497 e. The van der Waals surface area contributed by atoms with Crippen molar-refractivity contribution in [3.8, 4) is 5.75 Å². The third-order valence-electron chi connectivity index (χ3n) is 5.21. The van der Waals surface area contributed by atoms with E-state index in [0.717, 1.165) is 22.4 Å². The molecule has 2 rings (SSSR count). The zero-order chi connectivity index (χ0) is 21.8. The Hall–Kier alpha value is -1.85. The maximum atomic E-state index is 13.3. The predicted molar refractivity (Wildman–Crippen MR) is 121 cm³/mol. The number of hydrogen-bond acceptors (Lipinski definition) is 3. The van der Waals surface area contributed by atoms with E-state index in [1.54, 1.807) is 7.11 Å². The first-order valence-electron chi connectivity index (χ1n) is 10.4. The second-order valence-corrected chi connectivity index (χ2v) is 10.2. The van der Waals surface area contributed by atoms with Crippen LogP contribution >= 0.6 is 0 Å². The van der Waals surface area contributed by atoms with E-state index in [2.05, 4.69) is 58.4 Å². The number of benzene rings is 2. The molecule has 29 heavy (non-hydrogen) atoms. The van der Waals surface area contributed by atoms with E-state index in [-0.39, 0.29) is 11.8 Å². The molecule has 0 atom stereocenters. The molecule has 2 aromatic rings. The fourth-order valence-corrected chi connectivity index (χ4v) is 5.12. The average molecular weight is 418 g/mol. The van der Waals surface area contributed by atoms with Crippen molar-refractivity contribution in [3.63, 3.8) is 0 Å². The number of methoxy groups -OCH3 is 1. The molecule has 5 heteroatoms. The molecule has 0 heterocycles. The van der Waals surface area contributed by atoms with Gasteiger partial charge < -0.3 is 4.74 Å². The van der Waals surface area contributed by atoms with Gasteiger partial charge in [0.15, 0.2) is 0 Å². The van der Waals surface area contributed by atoms with Gasteiger partial charge in [0, 0.05) is 6.54 Å². The Morgan fingerprint density at radius 1 is 0.862 bits per heavy atom. The third kappa shape index (κ3) is 5.83. The van der Waals surface area contributed by atoms with Crippen molar-refractivity contribution < 1.29 is 13.2 Å². The van der Waals surface area contributed by atoms with Crippen molar-refractivity contribution in [2.45, 2.75) is 70.6 Å². The lowest BCUT2D eigenvalue weighted by molar-refractivity contribution is 0.414. The number of ether oxygens (including phenoxy) is 1. The van der Waals surface area contributed by atoms with Crippen LogP contribution in [0.1, 0.15) is 81.5 Å². The average Bonchev–Trinajstić information content (AvgIpc) is 2.67. The molecule has 4 nitrogen and oxygen atoms in total. The standard InChI is InChI=1S/C24H35NO3S/c1-16(2)20-14-22(17(3)4)24(23(15-20)18(5)6)29(26,27)25-13-12-19-8-10-21(28-7)11-9-19/h8-11,14-18,25H,12-13H2,1-7H3. The lowest BCUT2D eigenvalue weighted by atomic mass is 9.89. The smallest absolute Gasteiger partial charge is 0.241 e. The van der Waals surface area contributed by atoms with Crippen LogP contribution in [0, 0.1) is 0 Å². The summed E-state index contributed by atoms with van der Waals surface area (Å²) in [6, 6.07) is 11.8. The highest BCUT2D eigenvalue weighted by molar-refractivity contribution is 7.89. The molecule has 0 bridgehead atoms. The summed E-state index contributed by atoms with van der Waals surface area (Å²) in [7, 11) is -1.98. The summed E-state index contributed by atoms with van der Waals surface area (Å²) < 4.78 is 34.7. The SMILES string of the molecule is COc1ccc(CCNS(=O)(=O)c2c(C(C)C)cc(C(C)C)cc2C(C)C)cc1. The second-order valence-electron chi connectivity index (χ2n) is 8.49. The van der Waals surface area contributed by atoms with E-state index < -0.39 is 10.0 Å². The minimum absolute atomic E-state index is 0.124. The summed E-state index contributed by atoms with van der Waals surface area (Å²) >= 11 is 0. The van der Waals surface area contributed by atoms with Crippen LogP contribution in [0.4, 0.5) is 0 Å². The normalized spacial score (nSPS) is 12.2. The molecule has 2 aromatic carbocycles. The van der Waals surface area contributed by atoms with E-state index in [0.29, 0.717) is 23.8 Å². The number of sulfonamides is 1. The third-order valence-corrected chi connectivity index (χ3v) is 6.81. The fourth-order valence-electron chi connectivity index (χ4n) is 3.39. The van der Waals surface area contributed by atoms with Crippen molar-refractivity contribution in [1.29, 1.82) is 0 Å². The summed E-state index contributed by atoms with van der Waals surface area (Å²) in [4.78, 5) is 0.460. The Morgan fingerprint density at radius 2 is 1.38 bits per heavy atom. The highest BCUT2D eigenvalue weighted by Gasteiger charge is 2.26. The van der Waals surface area contributed by atoms with Gasteiger partial charge in [-0.15, -0.1) is 0 Å². The lowest BCUT2D eigenvalue weighted by Crippen LogP contribution is -2.28. The predicted octanol–water partition coefficient (Wildman–Crippen LogP) is 5.59. The molecule has 0 saturated heterocycles. The Bertz CT molecular complexity index is 885. The monoisotopic (exact) mass is 417 g/mol. The minimum atomic E-state index is -3.61. The molecule has 1 N–H and O–H groups in total. The molecule has 0 radical (unpaired) electrons. The fraction of sp³-hybridized carbons (Fsp3) is 0.500. The molecule has 0 aromatic heterocycles. The van der Waals surface area contributed by atoms with E-state index in [9.17, 15) is 8.42 Å². The van der Waals surface area contributed by atoms with Gasteiger partial charge in [-0.05, 0) is 58.6 Å². The van der Waals surface area contributed by atoms with Crippen LogP contribution in [-0.4, -0.2) is 22.1 Å². The molecule has 160 valence electrons. The van der Waals surface area contributed by atoms with E-state index in [1.165, 1.54) is 5.56 Å². The van der Waals surface area contributed by atoms with Gasteiger partial charge in [-0.3, -0.25) is 0 Å². The zero-order valence-corrected chi connectivity index (χ0v) is 19.6. The van der Waals surface area contributed by atoms with E-state index >= 15 is 0 Å². The molecular weight excluding hydrogens is 382 g/mol. The molecule has 0 aliphatic carbocycles. The first-order chi connectivity index (χ1) is 13.6. The summed E-state index contributed by atoms with van der Waals surface area (Å²) in [5, 5.41) is 0. The van der Waals surface area contributed by atoms with Gasteiger partial charge in [-0.2, -0.15) is 0 Å². The lowest BCUT2D eigenvalue weighted by Gasteiger charge is -2.23. The van der Waals surface area contributed by atoms with Gasteiger partial charge in [-0.25, -0.2) is 13.1 Å². The van der Waals surface area contributed by atoms with Crippen LogP contribution in [-0.2, 0) is 16.4 Å². The van der Waals surface area contributed by atoms with Crippen LogP contribution in [0.15, 0.2) is 41.3 Å². The number of hydrogen-bond donors (Lipinski definition) is 1. The molecular formula is C24H35NO3S. The highest BCUT2D eigenvalue weighted by Crippen LogP contribution is 2.35. The van der Waals surface area contributed by atoms with Crippen molar-refractivity contribution in [2.75, 3.05) is 13.7 Å². The molecule has 0 spiro atoms. The first kappa shape index (κ1) is 23.4. The number of nitrogens with one attached hydrogen (secondary N) is 1. The quantitative estimate of drug-likeness (QED) is 0.579. The van der Waals surface area contributed by atoms with Crippen LogP contribution in [0.3, 0.4) is 0 Å².